The van der Waals surface area contributed by atoms with Crippen molar-refractivity contribution in [3.8, 4) is 5.75 Å². The lowest BCUT2D eigenvalue weighted by Crippen LogP contribution is -2.12. The van der Waals surface area contributed by atoms with Gasteiger partial charge in [0.15, 0.2) is 6.61 Å². The van der Waals surface area contributed by atoms with Crippen LogP contribution >= 0.6 is 12.4 Å². The van der Waals surface area contributed by atoms with Gasteiger partial charge >= 0.3 is 0 Å². The lowest BCUT2D eigenvalue weighted by atomic mass is 10.1. The maximum atomic E-state index is 12.3. The molecular formula is C20H21ClN4O3. The summed E-state index contributed by atoms with van der Waals surface area (Å²) in [6.07, 6.45) is 2.24. The van der Waals surface area contributed by atoms with Crippen LogP contribution in [0.25, 0.3) is 0 Å². The summed E-state index contributed by atoms with van der Waals surface area (Å²) in [6, 6.07) is 14.4. The van der Waals surface area contributed by atoms with Gasteiger partial charge in [0.2, 0.25) is 11.7 Å². The maximum absolute atomic E-state index is 12.3. The fourth-order valence-corrected chi connectivity index (χ4v) is 2.60. The second-order valence-electron chi connectivity index (χ2n) is 6.49. The van der Waals surface area contributed by atoms with E-state index >= 15 is 0 Å². The quantitative estimate of drug-likeness (QED) is 0.627. The van der Waals surface area contributed by atoms with Gasteiger partial charge in [-0.1, -0.05) is 17.3 Å². The molecule has 8 heteroatoms. The van der Waals surface area contributed by atoms with Crippen molar-refractivity contribution in [1.29, 1.82) is 0 Å². The number of nitrogens with one attached hydrogen (secondary N) is 1. The number of nitrogens with zero attached hydrogens (tertiary/aromatic N) is 2. The number of carbonyl (C=O) groups excluding carboxylic acids is 1. The molecule has 146 valence electrons. The minimum absolute atomic E-state index is 0. The predicted molar refractivity (Wildman–Crippen MR) is 107 cm³/mol. The molecule has 0 atom stereocenters. The number of carbonyl (C=O) groups is 1. The number of ether oxygens (including phenoxy) is 1. The van der Waals surface area contributed by atoms with Gasteiger partial charge in [0.05, 0.1) is 0 Å². The van der Waals surface area contributed by atoms with Gasteiger partial charge in [0.1, 0.15) is 5.75 Å². The molecule has 3 aromatic rings. The molecule has 4 rings (SSSR count). The SMILES string of the molecule is Cl.NCc1ccc(C(=O)Nc2ccc(OCc3noc(C4CC4)n3)cc2)cc1. The summed E-state index contributed by atoms with van der Waals surface area (Å²) < 4.78 is 10.9. The van der Waals surface area contributed by atoms with Crippen molar-refractivity contribution >= 4 is 24.0 Å². The third-order valence-electron chi connectivity index (χ3n) is 4.34. The first-order valence-electron chi connectivity index (χ1n) is 8.87. The van der Waals surface area contributed by atoms with Crippen LogP contribution < -0.4 is 15.8 Å². The molecule has 0 saturated heterocycles. The summed E-state index contributed by atoms with van der Waals surface area (Å²) in [5.74, 6) is 2.16. The molecule has 2 aromatic carbocycles. The van der Waals surface area contributed by atoms with Gasteiger partial charge in [-0.25, -0.2) is 0 Å². The molecule has 0 spiro atoms. The zero-order valence-electron chi connectivity index (χ0n) is 15.1. The summed E-state index contributed by atoms with van der Waals surface area (Å²) in [7, 11) is 0. The van der Waals surface area contributed by atoms with Crippen LogP contribution in [0.5, 0.6) is 5.75 Å². The molecule has 28 heavy (non-hydrogen) atoms. The van der Waals surface area contributed by atoms with Gasteiger partial charge in [0, 0.05) is 23.7 Å². The number of benzene rings is 2. The van der Waals surface area contributed by atoms with Crippen LogP contribution in [-0.2, 0) is 13.2 Å². The summed E-state index contributed by atoms with van der Waals surface area (Å²) in [5.41, 5.74) is 7.82. The smallest absolute Gasteiger partial charge is 0.255 e. The maximum Gasteiger partial charge on any atom is 0.255 e. The number of hydrogen-bond acceptors (Lipinski definition) is 6. The number of aromatic nitrogens is 2. The highest BCUT2D eigenvalue weighted by molar-refractivity contribution is 6.04. The highest BCUT2D eigenvalue weighted by Gasteiger charge is 2.29. The van der Waals surface area contributed by atoms with Gasteiger partial charge in [0.25, 0.3) is 5.91 Å². The predicted octanol–water partition coefficient (Wildman–Crippen LogP) is 3.66. The molecule has 1 aliphatic carbocycles. The molecule has 1 amide bonds. The Kier molecular flexibility index (Phi) is 6.28. The van der Waals surface area contributed by atoms with E-state index in [9.17, 15) is 4.79 Å². The summed E-state index contributed by atoms with van der Waals surface area (Å²) in [4.78, 5) is 16.6. The number of nitrogens with two attached hydrogens (primary N) is 1. The van der Waals surface area contributed by atoms with E-state index in [4.69, 9.17) is 15.0 Å². The topological polar surface area (TPSA) is 103 Å². The third-order valence-corrected chi connectivity index (χ3v) is 4.34. The zero-order valence-corrected chi connectivity index (χ0v) is 15.9. The number of rotatable bonds is 7. The first kappa shape index (κ1) is 19.9. The zero-order chi connectivity index (χ0) is 18.6. The Bertz CT molecular complexity index is 921. The van der Waals surface area contributed by atoms with Crippen LogP contribution in [0.2, 0.25) is 0 Å². The number of amides is 1. The second kappa shape index (κ2) is 8.86. The molecule has 1 aliphatic rings. The lowest BCUT2D eigenvalue weighted by molar-refractivity contribution is 0.102. The third kappa shape index (κ3) is 4.88. The van der Waals surface area contributed by atoms with Gasteiger partial charge in [-0.3, -0.25) is 4.79 Å². The van der Waals surface area contributed by atoms with Crippen LogP contribution in [0.1, 0.15) is 46.4 Å². The van der Waals surface area contributed by atoms with Crippen LogP contribution in [-0.4, -0.2) is 16.0 Å². The molecule has 1 saturated carbocycles. The molecular weight excluding hydrogens is 380 g/mol. The summed E-state index contributed by atoms with van der Waals surface area (Å²) in [6.45, 7) is 0.699. The minimum Gasteiger partial charge on any atom is -0.485 e. The monoisotopic (exact) mass is 400 g/mol. The molecule has 3 N–H and O–H groups in total. The number of halogens is 1. The van der Waals surface area contributed by atoms with Crippen LogP contribution in [0.3, 0.4) is 0 Å². The van der Waals surface area contributed by atoms with Crippen molar-refractivity contribution in [2.24, 2.45) is 5.73 Å². The Morgan fingerprint density at radius 3 is 2.50 bits per heavy atom. The highest BCUT2D eigenvalue weighted by atomic mass is 35.5. The van der Waals surface area contributed by atoms with E-state index in [0.717, 1.165) is 18.4 Å². The fourth-order valence-electron chi connectivity index (χ4n) is 2.60. The van der Waals surface area contributed by atoms with Crippen molar-refractivity contribution in [2.45, 2.75) is 31.9 Å². The molecule has 1 aromatic heterocycles. The van der Waals surface area contributed by atoms with Gasteiger partial charge < -0.3 is 20.3 Å². The first-order valence-corrected chi connectivity index (χ1v) is 8.87. The Hall–Kier alpha value is -2.90. The Balaban J connectivity index is 0.00000225. The van der Waals surface area contributed by atoms with Crippen molar-refractivity contribution in [2.75, 3.05) is 5.32 Å². The minimum atomic E-state index is -0.174. The fraction of sp³-hybridized carbons (Fsp3) is 0.250. The van der Waals surface area contributed by atoms with E-state index < -0.39 is 0 Å². The second-order valence-corrected chi connectivity index (χ2v) is 6.49. The summed E-state index contributed by atoms with van der Waals surface area (Å²) in [5, 5.41) is 6.77. The van der Waals surface area contributed by atoms with Crippen molar-refractivity contribution < 1.29 is 14.1 Å². The van der Waals surface area contributed by atoms with Crippen molar-refractivity contribution in [1.82, 2.24) is 10.1 Å². The molecule has 0 radical (unpaired) electrons. The average molecular weight is 401 g/mol. The van der Waals surface area contributed by atoms with Crippen LogP contribution in [0, 0.1) is 0 Å². The van der Waals surface area contributed by atoms with E-state index in [1.54, 1.807) is 36.4 Å². The Labute approximate surface area is 168 Å². The molecule has 1 heterocycles. The van der Waals surface area contributed by atoms with Crippen LogP contribution in [0.15, 0.2) is 53.1 Å². The van der Waals surface area contributed by atoms with Crippen molar-refractivity contribution in [3.05, 3.63) is 71.4 Å². The van der Waals surface area contributed by atoms with Gasteiger partial charge in [-0.15, -0.1) is 12.4 Å². The molecule has 0 unspecified atom stereocenters. The number of anilines is 1. The van der Waals surface area contributed by atoms with E-state index in [1.165, 1.54) is 0 Å². The van der Waals surface area contributed by atoms with E-state index in [1.807, 2.05) is 12.1 Å². The summed E-state index contributed by atoms with van der Waals surface area (Å²) >= 11 is 0. The Morgan fingerprint density at radius 1 is 1.14 bits per heavy atom. The van der Waals surface area contributed by atoms with Crippen LogP contribution in [0.4, 0.5) is 5.69 Å². The molecule has 7 nitrogen and oxygen atoms in total. The van der Waals surface area contributed by atoms with E-state index in [-0.39, 0.29) is 24.9 Å². The van der Waals surface area contributed by atoms with Gasteiger partial charge in [-0.05, 0) is 54.8 Å². The average Bonchev–Trinajstić information content (AvgIpc) is 3.45. The van der Waals surface area contributed by atoms with E-state index in [0.29, 0.717) is 41.2 Å². The van der Waals surface area contributed by atoms with Gasteiger partial charge in [-0.2, -0.15) is 4.98 Å². The lowest BCUT2D eigenvalue weighted by Gasteiger charge is -2.08. The van der Waals surface area contributed by atoms with Crippen molar-refractivity contribution in [3.63, 3.8) is 0 Å². The first-order chi connectivity index (χ1) is 13.2. The standard InChI is InChI=1S/C20H20N4O3.ClH/c21-11-13-1-3-14(4-2-13)19(25)22-16-7-9-17(10-8-16)26-12-18-23-20(27-24-18)15-5-6-15;/h1-4,7-10,15H,5-6,11-12,21H2,(H,22,25);1H. The molecule has 0 bridgehead atoms. The largest absolute Gasteiger partial charge is 0.485 e. The highest BCUT2D eigenvalue weighted by Crippen LogP contribution is 2.38. The Morgan fingerprint density at radius 2 is 1.86 bits per heavy atom. The van der Waals surface area contributed by atoms with E-state index in [2.05, 4.69) is 15.5 Å². The molecule has 0 aliphatic heterocycles. The normalized spacial score (nSPS) is 12.9. The molecule has 1 fully saturated rings. The number of hydrogen-bond donors (Lipinski definition) is 2.